The Kier molecular flexibility index (Phi) is 6.85. The summed E-state index contributed by atoms with van der Waals surface area (Å²) in [5.74, 6) is 0.743. The third kappa shape index (κ3) is 5.12. The lowest BCUT2D eigenvalue weighted by atomic mass is 10.6. The molecule has 0 atom stereocenters. The van der Waals surface area contributed by atoms with Gasteiger partial charge < -0.3 is 4.90 Å². The van der Waals surface area contributed by atoms with Gasteiger partial charge in [-0.15, -0.1) is 11.6 Å². The predicted octanol–water partition coefficient (Wildman–Crippen LogP) is 1.59. The molecule has 0 aromatic rings. The summed E-state index contributed by atoms with van der Waals surface area (Å²) in [6, 6.07) is 0. The molecule has 0 aromatic carbocycles. The van der Waals surface area contributed by atoms with Crippen molar-refractivity contribution in [3.63, 3.8) is 0 Å². The van der Waals surface area contributed by atoms with Gasteiger partial charge in [0.2, 0.25) is 0 Å². The first-order chi connectivity index (χ1) is 3.81. The van der Waals surface area contributed by atoms with Crippen LogP contribution in [0.2, 0.25) is 0 Å². The average Bonchev–Trinajstić information content (AvgIpc) is 1.68. The number of halogens is 2. The molecule has 50 valence electrons. The van der Waals surface area contributed by atoms with Gasteiger partial charge in [0.1, 0.15) is 0 Å². The Morgan fingerprint density at radius 2 is 2.12 bits per heavy atom. The highest BCUT2D eigenvalue weighted by Crippen LogP contribution is 1.87. The van der Waals surface area contributed by atoms with Crippen molar-refractivity contribution < 1.29 is 0 Å². The SMILES string of the molecule is CN(CCCl)CCI. The molecule has 0 saturated heterocycles. The van der Waals surface area contributed by atoms with Crippen molar-refractivity contribution in [2.24, 2.45) is 0 Å². The van der Waals surface area contributed by atoms with Gasteiger partial charge in [0.05, 0.1) is 0 Å². The smallest absolute Gasteiger partial charge is 0.0351 e. The Hall–Kier alpha value is 0.980. The van der Waals surface area contributed by atoms with Crippen molar-refractivity contribution in [3.8, 4) is 0 Å². The second-order valence-electron chi connectivity index (χ2n) is 1.68. The van der Waals surface area contributed by atoms with Crippen molar-refractivity contribution in [2.45, 2.75) is 0 Å². The van der Waals surface area contributed by atoms with Gasteiger partial charge in [-0.1, -0.05) is 22.6 Å². The van der Waals surface area contributed by atoms with Crippen molar-refractivity contribution in [3.05, 3.63) is 0 Å². The van der Waals surface area contributed by atoms with E-state index < -0.39 is 0 Å². The molecule has 0 aliphatic heterocycles. The molecule has 8 heavy (non-hydrogen) atoms. The molecule has 0 spiro atoms. The topological polar surface area (TPSA) is 3.24 Å². The van der Waals surface area contributed by atoms with E-state index in [4.69, 9.17) is 11.6 Å². The van der Waals surface area contributed by atoms with Crippen molar-refractivity contribution in [2.75, 3.05) is 30.4 Å². The Morgan fingerprint density at radius 3 is 2.50 bits per heavy atom. The summed E-state index contributed by atoms with van der Waals surface area (Å²) >= 11 is 7.85. The van der Waals surface area contributed by atoms with E-state index >= 15 is 0 Å². The molecule has 0 fully saturated rings. The normalized spacial score (nSPS) is 10.5. The Morgan fingerprint density at radius 1 is 1.50 bits per heavy atom. The average molecular weight is 248 g/mol. The molecule has 0 amide bonds. The van der Waals surface area contributed by atoms with Crippen LogP contribution in [0.1, 0.15) is 0 Å². The second-order valence-corrected chi connectivity index (χ2v) is 3.14. The summed E-state index contributed by atoms with van der Waals surface area (Å²) in [5, 5.41) is 0. The highest BCUT2D eigenvalue weighted by Gasteiger charge is 1.91. The van der Waals surface area contributed by atoms with Crippen LogP contribution in [0.4, 0.5) is 0 Å². The van der Waals surface area contributed by atoms with Crippen LogP contribution in [0.5, 0.6) is 0 Å². The summed E-state index contributed by atoms with van der Waals surface area (Å²) < 4.78 is 1.19. The lowest BCUT2D eigenvalue weighted by Crippen LogP contribution is -2.22. The summed E-state index contributed by atoms with van der Waals surface area (Å²) in [6.45, 7) is 2.15. The summed E-state index contributed by atoms with van der Waals surface area (Å²) in [7, 11) is 2.08. The molecule has 0 heterocycles. The zero-order valence-electron chi connectivity index (χ0n) is 5.03. The summed E-state index contributed by atoms with van der Waals surface area (Å²) in [4.78, 5) is 2.22. The highest BCUT2D eigenvalue weighted by atomic mass is 127. The minimum atomic E-state index is 0.743. The van der Waals surface area contributed by atoms with Crippen LogP contribution in [0.15, 0.2) is 0 Å². The molecule has 0 rings (SSSR count). The van der Waals surface area contributed by atoms with E-state index in [2.05, 4.69) is 34.5 Å². The van der Waals surface area contributed by atoms with Crippen LogP contribution >= 0.6 is 34.2 Å². The third-order valence-electron chi connectivity index (χ3n) is 0.932. The molecule has 1 nitrogen and oxygen atoms in total. The number of nitrogens with zero attached hydrogens (tertiary/aromatic N) is 1. The largest absolute Gasteiger partial charge is 0.304 e. The first-order valence-electron chi connectivity index (χ1n) is 2.61. The van der Waals surface area contributed by atoms with E-state index in [-0.39, 0.29) is 0 Å². The number of hydrogen-bond acceptors (Lipinski definition) is 1. The van der Waals surface area contributed by atoms with Crippen molar-refractivity contribution >= 4 is 34.2 Å². The van der Waals surface area contributed by atoms with Gasteiger partial charge in [-0.05, 0) is 7.05 Å². The van der Waals surface area contributed by atoms with Crippen LogP contribution in [-0.2, 0) is 0 Å². The molecule has 0 N–H and O–H groups in total. The van der Waals surface area contributed by atoms with E-state index in [1.807, 2.05) is 0 Å². The van der Waals surface area contributed by atoms with E-state index in [1.165, 1.54) is 4.43 Å². The van der Waals surface area contributed by atoms with Crippen LogP contribution in [0.3, 0.4) is 0 Å². The Balaban J connectivity index is 2.92. The van der Waals surface area contributed by atoms with Crippen LogP contribution < -0.4 is 0 Å². The molecule has 0 radical (unpaired) electrons. The maximum absolute atomic E-state index is 5.49. The van der Waals surface area contributed by atoms with Gasteiger partial charge in [-0.2, -0.15) is 0 Å². The van der Waals surface area contributed by atoms with Crippen molar-refractivity contribution in [1.29, 1.82) is 0 Å². The van der Waals surface area contributed by atoms with Crippen LogP contribution in [-0.4, -0.2) is 35.3 Å². The lowest BCUT2D eigenvalue weighted by Gasteiger charge is -2.11. The molecular formula is C5H11ClIN. The second kappa shape index (κ2) is 6.11. The standard InChI is InChI=1S/C5H11ClIN/c1-8(4-2-6)5-3-7/h2-5H2,1H3. The molecule has 0 aliphatic rings. The third-order valence-corrected chi connectivity index (χ3v) is 1.58. The number of alkyl halides is 2. The van der Waals surface area contributed by atoms with Gasteiger partial charge in [0.25, 0.3) is 0 Å². The number of rotatable bonds is 4. The quantitative estimate of drug-likeness (QED) is 0.539. The maximum Gasteiger partial charge on any atom is 0.0351 e. The van der Waals surface area contributed by atoms with E-state index in [1.54, 1.807) is 0 Å². The van der Waals surface area contributed by atoms with Crippen LogP contribution in [0.25, 0.3) is 0 Å². The highest BCUT2D eigenvalue weighted by molar-refractivity contribution is 14.1. The summed E-state index contributed by atoms with van der Waals surface area (Å²) in [6.07, 6.45) is 0. The molecule has 3 heteroatoms. The fraction of sp³-hybridized carbons (Fsp3) is 1.00. The first kappa shape index (κ1) is 8.98. The number of hydrogen-bond donors (Lipinski definition) is 0. The van der Waals surface area contributed by atoms with Gasteiger partial charge in [0, 0.05) is 23.4 Å². The molecule has 0 aromatic heterocycles. The molecular weight excluding hydrogens is 236 g/mol. The zero-order chi connectivity index (χ0) is 6.41. The Labute approximate surface area is 69.5 Å². The van der Waals surface area contributed by atoms with Crippen molar-refractivity contribution in [1.82, 2.24) is 4.90 Å². The minimum absolute atomic E-state index is 0.743. The molecule has 0 bridgehead atoms. The minimum Gasteiger partial charge on any atom is -0.304 e. The summed E-state index contributed by atoms with van der Waals surface area (Å²) in [5.41, 5.74) is 0. The fourth-order valence-electron chi connectivity index (χ4n) is 0.400. The van der Waals surface area contributed by atoms with E-state index in [9.17, 15) is 0 Å². The Bertz CT molecular complexity index is 45.7. The van der Waals surface area contributed by atoms with Gasteiger partial charge in [0.15, 0.2) is 0 Å². The zero-order valence-corrected chi connectivity index (χ0v) is 7.94. The van der Waals surface area contributed by atoms with E-state index in [0.29, 0.717) is 0 Å². The van der Waals surface area contributed by atoms with Gasteiger partial charge >= 0.3 is 0 Å². The van der Waals surface area contributed by atoms with Gasteiger partial charge in [-0.3, -0.25) is 0 Å². The molecule has 0 unspecified atom stereocenters. The first-order valence-corrected chi connectivity index (χ1v) is 4.67. The van der Waals surface area contributed by atoms with E-state index in [0.717, 1.165) is 19.0 Å². The van der Waals surface area contributed by atoms with Crippen LogP contribution in [0, 0.1) is 0 Å². The molecule has 0 saturated carbocycles. The maximum atomic E-state index is 5.49. The lowest BCUT2D eigenvalue weighted by molar-refractivity contribution is 0.381. The fourth-order valence-corrected chi connectivity index (χ4v) is 1.51. The monoisotopic (exact) mass is 247 g/mol. The predicted molar refractivity (Wildman–Crippen MR) is 47.1 cm³/mol. The molecule has 0 aliphatic carbocycles. The van der Waals surface area contributed by atoms with Gasteiger partial charge in [-0.25, -0.2) is 0 Å².